The van der Waals surface area contributed by atoms with Crippen molar-refractivity contribution in [3.8, 4) is 5.75 Å². The fourth-order valence-corrected chi connectivity index (χ4v) is 3.66. The lowest BCUT2D eigenvalue weighted by Gasteiger charge is -2.23. The molecule has 1 amide bonds. The Hall–Kier alpha value is -3.09. The number of nitrogens with zero attached hydrogens (tertiary/aromatic N) is 3. The van der Waals surface area contributed by atoms with Gasteiger partial charge in [-0.15, -0.1) is 0 Å². The maximum atomic E-state index is 12.7. The molecule has 1 aliphatic rings. The zero-order valence-corrected chi connectivity index (χ0v) is 16.4. The smallest absolute Gasteiger partial charge is 0.251 e. The Balaban J connectivity index is 1.39. The molecular formula is C21H24N4O3. The highest BCUT2D eigenvalue weighted by molar-refractivity contribution is 5.94. The van der Waals surface area contributed by atoms with Crippen LogP contribution in [0.25, 0.3) is 0 Å². The number of hydrogen-bond donors (Lipinski definition) is 1. The third kappa shape index (κ3) is 3.52. The number of hydrogen-bond acceptors (Lipinski definition) is 5. The number of benzene rings is 1. The number of nitrogens with one attached hydrogen (secondary N) is 1. The van der Waals surface area contributed by atoms with E-state index in [1.807, 2.05) is 43.9 Å². The van der Waals surface area contributed by atoms with Crippen molar-refractivity contribution in [2.75, 3.05) is 0 Å². The van der Waals surface area contributed by atoms with Crippen molar-refractivity contribution in [1.82, 2.24) is 20.3 Å². The fourth-order valence-electron chi connectivity index (χ4n) is 3.66. The molecule has 0 saturated carbocycles. The van der Waals surface area contributed by atoms with Crippen LogP contribution in [0.5, 0.6) is 5.75 Å². The van der Waals surface area contributed by atoms with Gasteiger partial charge < -0.3 is 14.6 Å². The van der Waals surface area contributed by atoms with Crippen LogP contribution >= 0.6 is 0 Å². The van der Waals surface area contributed by atoms with Crippen molar-refractivity contribution < 1.29 is 14.1 Å². The Morgan fingerprint density at radius 1 is 1.32 bits per heavy atom. The Bertz CT molecular complexity index is 968. The summed E-state index contributed by atoms with van der Waals surface area (Å²) >= 11 is 0. The average Bonchev–Trinajstić information content (AvgIpc) is 3.23. The molecule has 7 heteroatoms. The maximum absolute atomic E-state index is 12.7. The Morgan fingerprint density at radius 3 is 2.82 bits per heavy atom. The molecule has 0 aliphatic heterocycles. The molecule has 28 heavy (non-hydrogen) atoms. The molecule has 2 heterocycles. The Labute approximate surface area is 163 Å². The second-order valence-corrected chi connectivity index (χ2v) is 7.20. The van der Waals surface area contributed by atoms with E-state index in [2.05, 4.69) is 15.6 Å². The number of amides is 1. The van der Waals surface area contributed by atoms with E-state index in [9.17, 15) is 4.79 Å². The van der Waals surface area contributed by atoms with Crippen molar-refractivity contribution in [3.63, 3.8) is 0 Å². The van der Waals surface area contributed by atoms with Crippen LogP contribution in [0.15, 0.2) is 35.0 Å². The number of aryl methyl sites for hydroxylation is 3. The van der Waals surface area contributed by atoms with Gasteiger partial charge in [-0.1, -0.05) is 5.16 Å². The van der Waals surface area contributed by atoms with Gasteiger partial charge in [-0.2, -0.15) is 5.10 Å². The molecule has 146 valence electrons. The second-order valence-electron chi connectivity index (χ2n) is 7.20. The van der Waals surface area contributed by atoms with Crippen molar-refractivity contribution >= 4 is 5.91 Å². The van der Waals surface area contributed by atoms with Crippen molar-refractivity contribution in [2.24, 2.45) is 7.05 Å². The number of aromatic nitrogens is 3. The summed E-state index contributed by atoms with van der Waals surface area (Å²) in [4.78, 5) is 12.7. The minimum atomic E-state index is -0.0843. The lowest BCUT2D eigenvalue weighted by atomic mass is 9.93. The first kappa shape index (κ1) is 18.3. The van der Waals surface area contributed by atoms with E-state index < -0.39 is 0 Å². The number of fused-ring (bicyclic) bond motifs is 1. The van der Waals surface area contributed by atoms with Gasteiger partial charge in [-0.25, -0.2) is 0 Å². The third-order valence-electron chi connectivity index (χ3n) is 5.36. The summed E-state index contributed by atoms with van der Waals surface area (Å²) in [6.45, 7) is 4.14. The molecule has 0 fully saturated rings. The summed E-state index contributed by atoms with van der Waals surface area (Å²) in [6.07, 6.45) is 4.86. The molecule has 1 aliphatic carbocycles. The monoisotopic (exact) mass is 380 g/mol. The highest BCUT2D eigenvalue weighted by atomic mass is 16.5. The van der Waals surface area contributed by atoms with Gasteiger partial charge in [0.15, 0.2) is 0 Å². The quantitative estimate of drug-likeness (QED) is 0.733. The molecule has 3 aromatic rings. The van der Waals surface area contributed by atoms with Gasteiger partial charge in [-0.05, 0) is 57.4 Å². The summed E-state index contributed by atoms with van der Waals surface area (Å²) in [7, 11) is 1.95. The van der Waals surface area contributed by atoms with Gasteiger partial charge in [0.2, 0.25) is 0 Å². The van der Waals surface area contributed by atoms with Gasteiger partial charge in [0.25, 0.3) is 5.91 Å². The number of carbonyl (C=O) groups excluding carboxylic acids is 1. The summed E-state index contributed by atoms with van der Waals surface area (Å²) in [6, 6.07) is 7.20. The van der Waals surface area contributed by atoms with E-state index >= 15 is 0 Å². The Morgan fingerprint density at radius 2 is 2.11 bits per heavy atom. The van der Waals surface area contributed by atoms with Crippen molar-refractivity contribution in [1.29, 1.82) is 0 Å². The van der Waals surface area contributed by atoms with E-state index in [1.54, 1.807) is 12.1 Å². The topological polar surface area (TPSA) is 82.2 Å². The van der Waals surface area contributed by atoms with Crippen LogP contribution < -0.4 is 10.1 Å². The summed E-state index contributed by atoms with van der Waals surface area (Å²) in [5, 5.41) is 11.4. The molecule has 0 bridgehead atoms. The van der Waals surface area contributed by atoms with E-state index in [-0.39, 0.29) is 11.9 Å². The van der Waals surface area contributed by atoms with Crippen LogP contribution in [0, 0.1) is 13.8 Å². The molecule has 7 nitrogen and oxygen atoms in total. The van der Waals surface area contributed by atoms with E-state index in [0.717, 1.165) is 41.8 Å². The minimum absolute atomic E-state index is 0.0143. The molecule has 0 spiro atoms. The van der Waals surface area contributed by atoms with Crippen LogP contribution in [-0.4, -0.2) is 20.8 Å². The molecule has 0 radical (unpaired) electrons. The molecule has 1 aromatic carbocycles. The normalized spacial score (nSPS) is 15.9. The predicted molar refractivity (Wildman–Crippen MR) is 103 cm³/mol. The zero-order valence-electron chi connectivity index (χ0n) is 16.4. The first-order valence-corrected chi connectivity index (χ1v) is 9.49. The van der Waals surface area contributed by atoms with Crippen molar-refractivity contribution in [2.45, 2.75) is 45.8 Å². The fraction of sp³-hybridized carbons (Fsp3) is 0.381. The van der Waals surface area contributed by atoms with Gasteiger partial charge in [0.1, 0.15) is 18.1 Å². The van der Waals surface area contributed by atoms with Gasteiger partial charge in [0, 0.05) is 23.9 Å². The first-order valence-electron chi connectivity index (χ1n) is 9.49. The molecule has 1 atom stereocenters. The van der Waals surface area contributed by atoms with Crippen molar-refractivity contribution in [3.05, 3.63) is 64.3 Å². The SMILES string of the molecule is Cc1noc(C)c1COc1ccc(C(=O)NC2CCCc3c2cnn3C)cc1. The highest BCUT2D eigenvalue weighted by Gasteiger charge is 2.25. The summed E-state index contributed by atoms with van der Waals surface area (Å²) in [5.74, 6) is 1.37. The first-order chi connectivity index (χ1) is 13.5. The largest absolute Gasteiger partial charge is 0.489 e. The highest BCUT2D eigenvalue weighted by Crippen LogP contribution is 2.29. The van der Waals surface area contributed by atoms with Gasteiger partial charge in [-0.3, -0.25) is 9.48 Å². The predicted octanol–water partition coefficient (Wildman–Crippen LogP) is 3.41. The molecule has 4 rings (SSSR count). The van der Waals surface area contributed by atoms with Crippen LogP contribution in [-0.2, 0) is 20.1 Å². The lowest BCUT2D eigenvalue weighted by Crippen LogP contribution is -2.30. The van der Waals surface area contributed by atoms with Gasteiger partial charge in [0.05, 0.1) is 23.5 Å². The molecule has 1 unspecified atom stereocenters. The molecule has 1 N–H and O–H groups in total. The Kier molecular flexibility index (Phi) is 4.90. The second kappa shape index (κ2) is 7.50. The maximum Gasteiger partial charge on any atom is 0.251 e. The lowest BCUT2D eigenvalue weighted by molar-refractivity contribution is 0.0932. The minimum Gasteiger partial charge on any atom is -0.489 e. The van der Waals surface area contributed by atoms with Crippen LogP contribution in [0.1, 0.15) is 57.5 Å². The van der Waals surface area contributed by atoms with Crippen LogP contribution in [0.2, 0.25) is 0 Å². The summed E-state index contributed by atoms with van der Waals surface area (Å²) in [5.41, 5.74) is 4.73. The molecule has 2 aromatic heterocycles. The van der Waals surface area contributed by atoms with E-state index in [4.69, 9.17) is 9.26 Å². The third-order valence-corrected chi connectivity index (χ3v) is 5.36. The standard InChI is InChI=1S/C21H24N4O3/c1-13-18(14(2)28-24-13)12-27-16-9-7-15(8-10-16)21(26)23-19-5-4-6-20-17(19)11-22-25(20)3/h7-11,19H,4-6,12H2,1-3H3,(H,23,26). The van der Waals surface area contributed by atoms with Crippen LogP contribution in [0.3, 0.4) is 0 Å². The number of carbonyl (C=O) groups is 1. The molecule has 0 saturated heterocycles. The van der Waals surface area contributed by atoms with E-state index in [0.29, 0.717) is 17.9 Å². The van der Waals surface area contributed by atoms with Gasteiger partial charge >= 0.3 is 0 Å². The number of ether oxygens (including phenoxy) is 1. The number of rotatable bonds is 5. The van der Waals surface area contributed by atoms with E-state index in [1.165, 1.54) is 5.69 Å². The average molecular weight is 380 g/mol. The summed E-state index contributed by atoms with van der Waals surface area (Å²) < 4.78 is 12.8. The van der Waals surface area contributed by atoms with Crippen LogP contribution in [0.4, 0.5) is 0 Å². The molecular weight excluding hydrogens is 356 g/mol. The zero-order chi connectivity index (χ0) is 19.7.